The van der Waals surface area contributed by atoms with Gasteiger partial charge in [0.2, 0.25) is 0 Å². The number of aryl methyl sites for hydroxylation is 2. The van der Waals surface area contributed by atoms with Crippen LogP contribution >= 0.6 is 0 Å². The van der Waals surface area contributed by atoms with E-state index in [1.807, 2.05) is 16.8 Å². The molecule has 1 aliphatic carbocycles. The molecular weight excluding hydrogens is 266 g/mol. The third-order valence-electron chi connectivity index (χ3n) is 3.90. The summed E-state index contributed by atoms with van der Waals surface area (Å²) >= 11 is 0. The van der Waals surface area contributed by atoms with Crippen LogP contribution in [0.2, 0.25) is 0 Å². The summed E-state index contributed by atoms with van der Waals surface area (Å²) in [5, 5.41) is 14.3. The van der Waals surface area contributed by atoms with Gasteiger partial charge in [0.25, 0.3) is 0 Å². The molecule has 1 aliphatic rings. The Morgan fingerprint density at radius 1 is 1.43 bits per heavy atom. The summed E-state index contributed by atoms with van der Waals surface area (Å²) in [5.74, 6) is 1.61. The van der Waals surface area contributed by atoms with Crippen LogP contribution < -0.4 is 4.74 Å². The summed E-state index contributed by atoms with van der Waals surface area (Å²) in [7, 11) is 0. The van der Waals surface area contributed by atoms with Gasteiger partial charge in [-0.25, -0.2) is 9.67 Å². The largest absolute Gasteiger partial charge is 0.486 e. The summed E-state index contributed by atoms with van der Waals surface area (Å²) < 4.78 is 7.69. The Morgan fingerprint density at radius 2 is 2.33 bits per heavy atom. The fraction of sp³-hybridized carbons (Fsp3) is 0.500. The molecule has 3 rings (SSSR count). The molecule has 0 spiro atoms. The van der Waals surface area contributed by atoms with E-state index in [0.29, 0.717) is 6.61 Å². The Balaban J connectivity index is 1.71. The van der Waals surface area contributed by atoms with Crippen LogP contribution in [0.3, 0.4) is 0 Å². The number of nitrogens with zero attached hydrogens (tertiary/aromatic N) is 3. The maximum Gasteiger partial charge on any atom is 0.164 e. The zero-order valence-corrected chi connectivity index (χ0v) is 12.3. The molecule has 5 heteroatoms. The van der Waals surface area contributed by atoms with Crippen molar-refractivity contribution in [2.45, 2.75) is 51.9 Å². The summed E-state index contributed by atoms with van der Waals surface area (Å²) in [6.07, 6.45) is 5.14. The van der Waals surface area contributed by atoms with Gasteiger partial charge < -0.3 is 9.84 Å². The maximum absolute atomic E-state index is 10.1. The van der Waals surface area contributed by atoms with Gasteiger partial charge >= 0.3 is 0 Å². The molecule has 1 aromatic carbocycles. The van der Waals surface area contributed by atoms with Crippen molar-refractivity contribution in [3.8, 4) is 5.75 Å². The van der Waals surface area contributed by atoms with Crippen LogP contribution in [-0.2, 0) is 19.6 Å². The number of aromatic nitrogens is 3. The van der Waals surface area contributed by atoms with Gasteiger partial charge in [-0.15, -0.1) is 0 Å². The second-order valence-electron chi connectivity index (χ2n) is 5.46. The first-order valence-electron chi connectivity index (χ1n) is 7.58. The zero-order chi connectivity index (χ0) is 14.7. The van der Waals surface area contributed by atoms with Crippen molar-refractivity contribution in [2.24, 2.45) is 0 Å². The van der Waals surface area contributed by atoms with Gasteiger partial charge in [-0.1, -0.05) is 13.0 Å². The third-order valence-corrected chi connectivity index (χ3v) is 3.90. The van der Waals surface area contributed by atoms with E-state index in [9.17, 15) is 5.11 Å². The van der Waals surface area contributed by atoms with Crippen LogP contribution in [0.1, 0.15) is 49.2 Å². The lowest BCUT2D eigenvalue weighted by molar-refractivity contribution is 0.156. The van der Waals surface area contributed by atoms with Crippen LogP contribution in [-0.4, -0.2) is 19.9 Å². The lowest BCUT2D eigenvalue weighted by Gasteiger charge is -2.21. The van der Waals surface area contributed by atoms with E-state index >= 15 is 0 Å². The Bertz CT molecular complexity index is 609. The summed E-state index contributed by atoms with van der Waals surface area (Å²) in [4.78, 5) is 4.23. The molecule has 2 aromatic rings. The van der Waals surface area contributed by atoms with Gasteiger partial charge in [0, 0.05) is 6.54 Å². The number of ether oxygens (including phenoxy) is 1. The molecule has 0 saturated heterocycles. The topological polar surface area (TPSA) is 60.2 Å². The van der Waals surface area contributed by atoms with Crippen LogP contribution in [0.25, 0.3) is 0 Å². The average molecular weight is 287 g/mol. The van der Waals surface area contributed by atoms with E-state index in [2.05, 4.69) is 23.1 Å². The van der Waals surface area contributed by atoms with Crippen LogP contribution in [0.5, 0.6) is 5.75 Å². The van der Waals surface area contributed by atoms with Gasteiger partial charge in [0.05, 0.1) is 6.10 Å². The van der Waals surface area contributed by atoms with Crippen LogP contribution in [0.15, 0.2) is 24.5 Å². The van der Waals surface area contributed by atoms with Crippen molar-refractivity contribution in [1.82, 2.24) is 14.8 Å². The fourth-order valence-electron chi connectivity index (χ4n) is 2.79. The molecule has 0 saturated carbocycles. The molecule has 0 unspecified atom stereocenters. The zero-order valence-electron chi connectivity index (χ0n) is 12.3. The normalized spacial score (nSPS) is 17.5. The van der Waals surface area contributed by atoms with Crippen molar-refractivity contribution in [1.29, 1.82) is 0 Å². The van der Waals surface area contributed by atoms with Gasteiger partial charge in [0.1, 0.15) is 18.7 Å². The lowest BCUT2D eigenvalue weighted by Crippen LogP contribution is -2.11. The fourth-order valence-corrected chi connectivity index (χ4v) is 2.79. The van der Waals surface area contributed by atoms with Crippen molar-refractivity contribution in [2.75, 3.05) is 0 Å². The van der Waals surface area contributed by atoms with Gasteiger partial charge in [-0.05, 0) is 48.9 Å². The number of benzene rings is 1. The smallest absolute Gasteiger partial charge is 0.164 e. The van der Waals surface area contributed by atoms with Gasteiger partial charge in [-0.3, -0.25) is 0 Å². The van der Waals surface area contributed by atoms with Crippen LogP contribution in [0.4, 0.5) is 0 Å². The highest BCUT2D eigenvalue weighted by molar-refractivity contribution is 5.38. The summed E-state index contributed by atoms with van der Waals surface area (Å²) in [6, 6.07) is 5.99. The van der Waals surface area contributed by atoms with E-state index in [-0.39, 0.29) is 6.10 Å². The number of aliphatic hydroxyl groups excluding tert-OH is 1. The second kappa shape index (κ2) is 6.26. The highest BCUT2D eigenvalue weighted by Crippen LogP contribution is 2.32. The molecule has 1 heterocycles. The minimum atomic E-state index is -0.360. The van der Waals surface area contributed by atoms with E-state index in [0.717, 1.165) is 49.4 Å². The highest BCUT2D eigenvalue weighted by atomic mass is 16.5. The Hall–Kier alpha value is -1.88. The number of aliphatic hydroxyl groups is 1. The lowest BCUT2D eigenvalue weighted by atomic mass is 9.89. The average Bonchev–Trinajstić information content (AvgIpc) is 2.93. The molecule has 0 aliphatic heterocycles. The van der Waals surface area contributed by atoms with E-state index in [4.69, 9.17) is 4.74 Å². The Labute approximate surface area is 124 Å². The molecule has 1 N–H and O–H groups in total. The number of rotatable bonds is 5. The Morgan fingerprint density at radius 3 is 3.19 bits per heavy atom. The highest BCUT2D eigenvalue weighted by Gasteiger charge is 2.18. The van der Waals surface area contributed by atoms with E-state index in [1.54, 1.807) is 6.33 Å². The van der Waals surface area contributed by atoms with Crippen LogP contribution in [0, 0.1) is 0 Å². The predicted molar refractivity (Wildman–Crippen MR) is 79.0 cm³/mol. The molecule has 1 aromatic heterocycles. The summed E-state index contributed by atoms with van der Waals surface area (Å²) in [5.41, 5.74) is 2.24. The molecule has 0 bridgehead atoms. The third kappa shape index (κ3) is 3.08. The Kier molecular flexibility index (Phi) is 4.20. The molecule has 21 heavy (non-hydrogen) atoms. The minimum Gasteiger partial charge on any atom is -0.486 e. The number of hydrogen-bond donors (Lipinski definition) is 1. The first-order valence-corrected chi connectivity index (χ1v) is 7.58. The summed E-state index contributed by atoms with van der Waals surface area (Å²) in [6.45, 7) is 3.35. The second-order valence-corrected chi connectivity index (χ2v) is 5.46. The molecule has 0 radical (unpaired) electrons. The van der Waals surface area contributed by atoms with Crippen molar-refractivity contribution in [3.05, 3.63) is 41.5 Å². The van der Waals surface area contributed by atoms with Crippen molar-refractivity contribution in [3.63, 3.8) is 0 Å². The van der Waals surface area contributed by atoms with Crippen molar-refractivity contribution < 1.29 is 9.84 Å². The number of fused-ring (bicyclic) bond motifs is 1. The number of hydrogen-bond acceptors (Lipinski definition) is 4. The standard InChI is InChI=1S/C16H21N3O2/c1-2-8-19-16(17-11-18-19)10-21-13-7-6-12-4-3-5-15(20)14(12)9-13/h6-7,9,11,15,20H,2-5,8,10H2,1H3/t15-/m0/s1. The molecule has 0 amide bonds. The monoisotopic (exact) mass is 287 g/mol. The first kappa shape index (κ1) is 14.1. The molecular formula is C16H21N3O2. The SMILES string of the molecule is CCCn1ncnc1COc1ccc2c(c1)[C@@H](O)CCC2. The van der Waals surface area contributed by atoms with Crippen molar-refractivity contribution >= 4 is 0 Å². The van der Waals surface area contributed by atoms with Gasteiger partial charge in [-0.2, -0.15) is 5.10 Å². The maximum atomic E-state index is 10.1. The molecule has 1 atom stereocenters. The first-order chi connectivity index (χ1) is 10.3. The minimum absolute atomic E-state index is 0.360. The molecule has 112 valence electrons. The van der Waals surface area contributed by atoms with E-state index < -0.39 is 0 Å². The molecule has 5 nitrogen and oxygen atoms in total. The van der Waals surface area contributed by atoms with E-state index in [1.165, 1.54) is 5.56 Å². The molecule has 0 fully saturated rings. The quantitative estimate of drug-likeness (QED) is 0.918. The van der Waals surface area contributed by atoms with Gasteiger partial charge in [0.15, 0.2) is 5.82 Å². The predicted octanol–water partition coefficient (Wildman–Crippen LogP) is 2.64.